The Morgan fingerprint density at radius 3 is 1.28 bits per heavy atom. The topological polar surface area (TPSA) is 105 Å². The predicted octanol–water partition coefficient (Wildman–Crippen LogP) is 4.53. The molecule has 0 fully saturated rings. The van der Waals surface area contributed by atoms with Crippen LogP contribution in [0.4, 0.5) is 0 Å². The maximum Gasteiger partial charge on any atom is 0.344 e. The second-order valence-corrected chi connectivity index (χ2v) is 7.62. The summed E-state index contributed by atoms with van der Waals surface area (Å²) in [4.78, 5) is 46.5. The molecule has 2 rings (SSSR count). The van der Waals surface area contributed by atoms with Gasteiger partial charge in [0.1, 0.15) is 11.5 Å². The van der Waals surface area contributed by atoms with Crippen molar-refractivity contribution in [1.29, 1.82) is 0 Å². The number of carbonyl (C=O) groups is 4. The van der Waals surface area contributed by atoms with Gasteiger partial charge in [-0.1, -0.05) is 13.2 Å². The molecule has 0 unspecified atom stereocenters. The highest BCUT2D eigenvalue weighted by atomic mass is 16.6. The molecule has 0 N–H and O–H groups in total. The fourth-order valence-corrected chi connectivity index (χ4v) is 2.96. The fraction of sp³-hybridized carbons (Fsp3) is 0.286. The molecule has 0 atom stereocenters. The third-order valence-corrected chi connectivity index (χ3v) is 4.93. The Hall–Kier alpha value is -4.20. The Morgan fingerprint density at radius 1 is 0.583 bits per heavy atom. The van der Waals surface area contributed by atoms with Crippen LogP contribution in [0.5, 0.6) is 11.5 Å². The molecule has 0 aliphatic rings. The normalized spacial score (nSPS) is 10.1. The van der Waals surface area contributed by atoms with Gasteiger partial charge in [-0.25, -0.2) is 9.59 Å². The van der Waals surface area contributed by atoms with Crippen molar-refractivity contribution in [2.45, 2.75) is 25.7 Å². The van der Waals surface area contributed by atoms with Crippen molar-refractivity contribution in [2.24, 2.45) is 0 Å². The van der Waals surface area contributed by atoms with Crippen molar-refractivity contribution in [2.75, 3.05) is 26.4 Å². The van der Waals surface area contributed by atoms with E-state index in [0.717, 1.165) is 12.8 Å². The fourth-order valence-electron chi connectivity index (χ4n) is 2.96. The number of ketones is 2. The third-order valence-electron chi connectivity index (χ3n) is 4.93. The van der Waals surface area contributed by atoms with Gasteiger partial charge in [-0.05, 0) is 86.4 Å². The predicted molar refractivity (Wildman–Crippen MR) is 133 cm³/mol. The molecular formula is C28H30O8. The second kappa shape index (κ2) is 15.7. The van der Waals surface area contributed by atoms with Crippen LogP contribution in [0.2, 0.25) is 0 Å². The SMILES string of the molecule is C=CC(=O)c1ccc(OCC(=O)OCCCCCCOC(=O)COc2ccc(C(=O)C=C)cc2)cc1. The van der Waals surface area contributed by atoms with Gasteiger partial charge in [-0.2, -0.15) is 0 Å². The molecule has 8 nitrogen and oxygen atoms in total. The lowest BCUT2D eigenvalue weighted by Gasteiger charge is -2.08. The number of esters is 2. The van der Waals surface area contributed by atoms with Gasteiger partial charge >= 0.3 is 11.9 Å². The van der Waals surface area contributed by atoms with E-state index in [0.29, 0.717) is 35.5 Å². The lowest BCUT2D eigenvalue weighted by Crippen LogP contribution is -2.16. The van der Waals surface area contributed by atoms with Crippen molar-refractivity contribution in [3.8, 4) is 11.5 Å². The molecule has 0 heterocycles. The zero-order valence-corrected chi connectivity index (χ0v) is 20.1. The highest BCUT2D eigenvalue weighted by molar-refractivity contribution is 6.04. The summed E-state index contributed by atoms with van der Waals surface area (Å²) in [5, 5.41) is 0. The summed E-state index contributed by atoms with van der Waals surface area (Å²) in [5.41, 5.74) is 0.987. The van der Waals surface area contributed by atoms with Crippen molar-refractivity contribution in [3.63, 3.8) is 0 Å². The number of hydrogen-bond acceptors (Lipinski definition) is 8. The molecule has 0 aromatic heterocycles. The Labute approximate surface area is 210 Å². The van der Waals surface area contributed by atoms with E-state index in [1.807, 2.05) is 0 Å². The van der Waals surface area contributed by atoms with E-state index in [-0.39, 0.29) is 38.0 Å². The minimum Gasteiger partial charge on any atom is -0.482 e. The zero-order chi connectivity index (χ0) is 26.2. The molecule has 0 amide bonds. The van der Waals surface area contributed by atoms with Crippen LogP contribution < -0.4 is 9.47 Å². The van der Waals surface area contributed by atoms with Crippen LogP contribution in [0.15, 0.2) is 73.8 Å². The third kappa shape index (κ3) is 10.4. The summed E-state index contributed by atoms with van der Waals surface area (Å²) in [5.74, 6) is -0.394. The standard InChI is InChI=1S/C28H30O8/c1-3-25(29)21-9-13-23(14-10-21)35-19-27(31)33-17-7-5-6-8-18-34-28(32)20-36-24-15-11-22(12-16-24)26(30)4-2/h3-4,9-16H,1-2,5-8,17-20H2. The Balaban J connectivity index is 1.47. The molecule has 0 saturated carbocycles. The van der Waals surface area contributed by atoms with Crippen LogP contribution in [0, 0.1) is 0 Å². The maximum absolute atomic E-state index is 11.8. The largest absolute Gasteiger partial charge is 0.482 e. The number of rotatable bonds is 17. The molecule has 2 aromatic carbocycles. The molecule has 0 aliphatic heterocycles. The van der Waals surface area contributed by atoms with Gasteiger partial charge in [0.15, 0.2) is 24.8 Å². The van der Waals surface area contributed by atoms with Crippen LogP contribution in [0.1, 0.15) is 46.4 Å². The van der Waals surface area contributed by atoms with E-state index in [9.17, 15) is 19.2 Å². The molecule has 36 heavy (non-hydrogen) atoms. The van der Waals surface area contributed by atoms with Crippen molar-refractivity contribution in [1.82, 2.24) is 0 Å². The number of unbranched alkanes of at least 4 members (excludes halogenated alkanes) is 3. The van der Waals surface area contributed by atoms with Crippen LogP contribution >= 0.6 is 0 Å². The smallest absolute Gasteiger partial charge is 0.344 e. The van der Waals surface area contributed by atoms with Gasteiger partial charge in [-0.3, -0.25) is 9.59 Å². The lowest BCUT2D eigenvalue weighted by atomic mass is 10.1. The van der Waals surface area contributed by atoms with Gasteiger partial charge in [0.2, 0.25) is 0 Å². The molecule has 2 aromatic rings. The van der Waals surface area contributed by atoms with Gasteiger partial charge in [-0.15, -0.1) is 0 Å². The van der Waals surface area contributed by atoms with E-state index < -0.39 is 11.9 Å². The first-order valence-electron chi connectivity index (χ1n) is 11.5. The summed E-state index contributed by atoms with van der Waals surface area (Å²) in [6.45, 7) is 6.98. The molecule has 0 spiro atoms. The summed E-state index contributed by atoms with van der Waals surface area (Å²) < 4.78 is 21.0. The molecule has 190 valence electrons. The Bertz CT molecular complexity index is 953. The molecule has 0 radical (unpaired) electrons. The molecule has 0 aliphatic carbocycles. The van der Waals surface area contributed by atoms with Crippen LogP contribution in [0.25, 0.3) is 0 Å². The summed E-state index contributed by atoms with van der Waals surface area (Å²) in [6, 6.07) is 12.8. The van der Waals surface area contributed by atoms with E-state index in [2.05, 4.69) is 13.2 Å². The van der Waals surface area contributed by atoms with Crippen molar-refractivity contribution in [3.05, 3.63) is 85.0 Å². The van der Waals surface area contributed by atoms with E-state index in [4.69, 9.17) is 18.9 Å². The lowest BCUT2D eigenvalue weighted by molar-refractivity contribution is -0.147. The van der Waals surface area contributed by atoms with Gasteiger partial charge < -0.3 is 18.9 Å². The number of benzene rings is 2. The highest BCUT2D eigenvalue weighted by Gasteiger charge is 2.07. The second-order valence-electron chi connectivity index (χ2n) is 7.62. The van der Waals surface area contributed by atoms with Crippen LogP contribution in [-0.4, -0.2) is 49.9 Å². The molecule has 0 saturated heterocycles. The number of carbonyl (C=O) groups excluding carboxylic acids is 4. The first-order chi connectivity index (χ1) is 17.4. The molecule has 8 heteroatoms. The molecular weight excluding hydrogens is 464 g/mol. The van der Waals surface area contributed by atoms with Crippen LogP contribution in [-0.2, 0) is 19.1 Å². The summed E-state index contributed by atoms with van der Waals surface area (Å²) >= 11 is 0. The average Bonchev–Trinajstić information content (AvgIpc) is 2.91. The highest BCUT2D eigenvalue weighted by Crippen LogP contribution is 2.14. The van der Waals surface area contributed by atoms with E-state index in [1.54, 1.807) is 48.5 Å². The summed E-state index contributed by atoms with van der Waals surface area (Å²) in [6.07, 6.45) is 5.47. The molecule has 0 bridgehead atoms. The van der Waals surface area contributed by atoms with Gasteiger partial charge in [0, 0.05) is 11.1 Å². The zero-order valence-electron chi connectivity index (χ0n) is 20.1. The van der Waals surface area contributed by atoms with Crippen LogP contribution in [0.3, 0.4) is 0 Å². The van der Waals surface area contributed by atoms with Gasteiger partial charge in [0.05, 0.1) is 13.2 Å². The Kier molecular flexibility index (Phi) is 12.2. The first kappa shape index (κ1) is 28.0. The maximum atomic E-state index is 11.8. The number of allylic oxidation sites excluding steroid dienone is 2. The first-order valence-corrected chi connectivity index (χ1v) is 11.5. The monoisotopic (exact) mass is 494 g/mol. The van der Waals surface area contributed by atoms with Crippen molar-refractivity contribution < 1.29 is 38.1 Å². The minimum absolute atomic E-state index is 0.185. The van der Waals surface area contributed by atoms with E-state index >= 15 is 0 Å². The minimum atomic E-state index is -0.475. The average molecular weight is 495 g/mol. The number of hydrogen-bond donors (Lipinski definition) is 0. The van der Waals surface area contributed by atoms with Crippen molar-refractivity contribution >= 4 is 23.5 Å². The van der Waals surface area contributed by atoms with Gasteiger partial charge in [0.25, 0.3) is 0 Å². The Morgan fingerprint density at radius 2 is 0.944 bits per heavy atom. The summed E-state index contributed by atoms with van der Waals surface area (Å²) in [7, 11) is 0. The number of ether oxygens (including phenoxy) is 4. The van der Waals surface area contributed by atoms with E-state index in [1.165, 1.54) is 12.2 Å². The quantitative estimate of drug-likeness (QED) is 0.137.